The molecule has 1 aliphatic heterocycles. The lowest BCUT2D eigenvalue weighted by atomic mass is 10.2. The van der Waals surface area contributed by atoms with Crippen LogP contribution >= 0.6 is 24.0 Å². The fraction of sp³-hybridized carbons (Fsp3) is 0.381. The second kappa shape index (κ2) is 12.1. The predicted molar refractivity (Wildman–Crippen MR) is 129 cm³/mol. The largest absolute Gasteiger partial charge is 0.366 e. The Morgan fingerprint density at radius 3 is 2.38 bits per heavy atom. The molecule has 0 aliphatic carbocycles. The van der Waals surface area contributed by atoms with Crippen molar-refractivity contribution in [3.8, 4) is 0 Å². The Labute approximate surface area is 191 Å². The van der Waals surface area contributed by atoms with Gasteiger partial charge in [0.15, 0.2) is 5.96 Å². The normalized spacial score (nSPS) is 15.6. The Kier molecular flexibility index (Phi) is 9.86. The van der Waals surface area contributed by atoms with Crippen molar-refractivity contribution in [1.82, 2.24) is 10.2 Å². The van der Waals surface area contributed by atoms with Crippen molar-refractivity contribution in [1.29, 1.82) is 0 Å². The number of nitrogens with one attached hydrogen (secondary N) is 1. The number of nitrogens with zero attached hydrogens (tertiary/aromatic N) is 3. The number of benzene rings is 2. The molecule has 1 fully saturated rings. The maximum atomic E-state index is 14.0. The molecular formula is C21H28FIN4OS. The fourth-order valence-electron chi connectivity index (χ4n) is 3.22. The average Bonchev–Trinajstić information content (AvgIpc) is 2.74. The maximum absolute atomic E-state index is 14.0. The highest BCUT2D eigenvalue weighted by molar-refractivity contribution is 14.0. The Morgan fingerprint density at radius 2 is 1.72 bits per heavy atom. The van der Waals surface area contributed by atoms with Crippen molar-refractivity contribution in [2.45, 2.75) is 11.8 Å². The van der Waals surface area contributed by atoms with E-state index >= 15 is 0 Å². The van der Waals surface area contributed by atoms with E-state index in [9.17, 15) is 8.60 Å². The monoisotopic (exact) mass is 530 g/mol. The summed E-state index contributed by atoms with van der Waals surface area (Å²) in [5, 5.41) is 3.32. The highest BCUT2D eigenvalue weighted by atomic mass is 127. The first-order chi connectivity index (χ1) is 13.7. The van der Waals surface area contributed by atoms with Gasteiger partial charge in [0.25, 0.3) is 0 Å². The van der Waals surface area contributed by atoms with Gasteiger partial charge in [-0.15, -0.1) is 24.0 Å². The van der Waals surface area contributed by atoms with Crippen LogP contribution in [0.25, 0.3) is 0 Å². The number of hydrogen-bond acceptors (Lipinski definition) is 3. The number of hydrogen-bond donors (Lipinski definition) is 1. The van der Waals surface area contributed by atoms with E-state index < -0.39 is 10.8 Å². The molecule has 8 heteroatoms. The van der Waals surface area contributed by atoms with Gasteiger partial charge in [-0.05, 0) is 31.2 Å². The minimum atomic E-state index is -1.05. The lowest BCUT2D eigenvalue weighted by Gasteiger charge is -2.37. The minimum absolute atomic E-state index is 0. The second-order valence-electron chi connectivity index (χ2n) is 6.52. The van der Waals surface area contributed by atoms with Crippen LogP contribution in [0.4, 0.5) is 10.1 Å². The van der Waals surface area contributed by atoms with Crippen LogP contribution in [-0.4, -0.2) is 60.1 Å². The second-order valence-corrected chi connectivity index (χ2v) is 8.09. The smallest absolute Gasteiger partial charge is 0.194 e. The Bertz CT molecular complexity index is 813. The molecule has 0 radical (unpaired) electrons. The summed E-state index contributed by atoms with van der Waals surface area (Å²) in [6.07, 6.45) is 0. The zero-order chi connectivity index (χ0) is 19.8. The Morgan fingerprint density at radius 1 is 1.07 bits per heavy atom. The molecule has 29 heavy (non-hydrogen) atoms. The van der Waals surface area contributed by atoms with Crippen LogP contribution in [0, 0.1) is 5.82 Å². The first kappa shape index (κ1) is 23.6. The number of rotatable bonds is 6. The van der Waals surface area contributed by atoms with E-state index in [0.717, 1.165) is 43.6 Å². The Hall–Kier alpha value is -1.68. The summed E-state index contributed by atoms with van der Waals surface area (Å²) in [6, 6.07) is 16.4. The zero-order valence-corrected chi connectivity index (χ0v) is 19.7. The Balaban J connectivity index is 0.00000300. The standard InChI is InChI=1S/C21H27FN4OS.HI/c1-2-23-21(24-12-17-28(27)18-8-4-3-5-9-18)26-15-13-25(14-16-26)20-11-7-6-10-19(20)22;/h3-11H,2,12-17H2,1H3,(H,23,24);1H. The summed E-state index contributed by atoms with van der Waals surface area (Å²) in [6.45, 7) is 6.31. The van der Waals surface area contributed by atoms with Gasteiger partial charge in [0.05, 0.1) is 23.0 Å². The van der Waals surface area contributed by atoms with Crippen LogP contribution in [-0.2, 0) is 10.8 Å². The lowest BCUT2D eigenvalue weighted by molar-refractivity contribution is 0.371. The van der Waals surface area contributed by atoms with Crippen LogP contribution in [0.1, 0.15) is 6.92 Å². The minimum Gasteiger partial charge on any atom is -0.366 e. The summed E-state index contributed by atoms with van der Waals surface area (Å²) in [5.41, 5.74) is 0.655. The van der Waals surface area contributed by atoms with Gasteiger partial charge in [0, 0.05) is 43.4 Å². The summed E-state index contributed by atoms with van der Waals surface area (Å²) < 4.78 is 26.4. The van der Waals surface area contributed by atoms with Crippen LogP contribution in [0.15, 0.2) is 64.5 Å². The van der Waals surface area contributed by atoms with Crippen molar-refractivity contribution < 1.29 is 8.60 Å². The number of anilines is 1. The van der Waals surface area contributed by atoms with E-state index in [4.69, 9.17) is 0 Å². The number of piperazine rings is 1. The molecule has 0 spiro atoms. The van der Waals surface area contributed by atoms with Gasteiger partial charge in [0.2, 0.25) is 0 Å². The number of para-hydroxylation sites is 1. The van der Waals surface area contributed by atoms with Gasteiger partial charge in [0.1, 0.15) is 5.82 Å². The average molecular weight is 530 g/mol. The summed E-state index contributed by atoms with van der Waals surface area (Å²) in [5.74, 6) is 1.15. The van der Waals surface area contributed by atoms with Gasteiger partial charge < -0.3 is 15.1 Å². The zero-order valence-electron chi connectivity index (χ0n) is 16.6. The summed E-state index contributed by atoms with van der Waals surface area (Å²) in [7, 11) is -1.05. The fourth-order valence-corrected chi connectivity index (χ4v) is 4.17. The van der Waals surface area contributed by atoms with Gasteiger partial charge in [-0.25, -0.2) is 4.39 Å². The third kappa shape index (κ3) is 6.67. The van der Waals surface area contributed by atoms with Gasteiger partial charge >= 0.3 is 0 Å². The predicted octanol–water partition coefficient (Wildman–Crippen LogP) is 3.34. The third-order valence-corrected chi connectivity index (χ3v) is 6.00. The topological polar surface area (TPSA) is 47.9 Å². The van der Waals surface area contributed by atoms with Gasteiger partial charge in [-0.2, -0.15) is 0 Å². The molecule has 3 rings (SSSR count). The van der Waals surface area contributed by atoms with E-state index in [1.54, 1.807) is 6.07 Å². The van der Waals surface area contributed by atoms with Gasteiger partial charge in [-0.3, -0.25) is 9.20 Å². The van der Waals surface area contributed by atoms with Crippen molar-refractivity contribution in [2.75, 3.05) is 49.9 Å². The van der Waals surface area contributed by atoms with E-state index in [0.29, 0.717) is 18.0 Å². The summed E-state index contributed by atoms with van der Waals surface area (Å²) in [4.78, 5) is 9.75. The quantitative estimate of drug-likeness (QED) is 0.354. The first-order valence-corrected chi connectivity index (χ1v) is 11.0. The maximum Gasteiger partial charge on any atom is 0.194 e. The lowest BCUT2D eigenvalue weighted by Crippen LogP contribution is -2.52. The molecule has 2 aromatic rings. The van der Waals surface area contributed by atoms with Crippen LogP contribution in [0.3, 0.4) is 0 Å². The molecule has 0 amide bonds. The number of guanidine groups is 1. The van der Waals surface area contributed by atoms with Crippen molar-refractivity contribution in [3.05, 3.63) is 60.4 Å². The highest BCUT2D eigenvalue weighted by Crippen LogP contribution is 2.20. The molecule has 158 valence electrons. The molecule has 0 saturated carbocycles. The number of halogens is 2. The van der Waals surface area contributed by atoms with Crippen LogP contribution < -0.4 is 10.2 Å². The van der Waals surface area contributed by atoms with Gasteiger partial charge in [-0.1, -0.05) is 30.3 Å². The van der Waals surface area contributed by atoms with Crippen LogP contribution in [0.5, 0.6) is 0 Å². The van der Waals surface area contributed by atoms with Crippen molar-refractivity contribution >= 4 is 46.4 Å². The molecule has 1 unspecified atom stereocenters. The van der Waals surface area contributed by atoms with E-state index in [1.165, 1.54) is 6.07 Å². The molecule has 5 nitrogen and oxygen atoms in total. The third-order valence-electron chi connectivity index (χ3n) is 4.65. The molecular weight excluding hydrogens is 502 g/mol. The highest BCUT2D eigenvalue weighted by Gasteiger charge is 2.21. The van der Waals surface area contributed by atoms with E-state index in [2.05, 4.69) is 20.1 Å². The molecule has 1 aliphatic rings. The van der Waals surface area contributed by atoms with Crippen molar-refractivity contribution in [3.63, 3.8) is 0 Å². The SMILES string of the molecule is CCNC(=NCCS(=O)c1ccccc1)N1CCN(c2ccccc2F)CC1.I. The van der Waals surface area contributed by atoms with E-state index in [1.807, 2.05) is 49.4 Å². The molecule has 1 atom stereocenters. The van der Waals surface area contributed by atoms with E-state index in [-0.39, 0.29) is 29.8 Å². The molecule has 1 N–H and O–H groups in total. The number of aliphatic imine (C=N–C) groups is 1. The molecule has 1 heterocycles. The molecule has 0 bridgehead atoms. The molecule has 1 saturated heterocycles. The van der Waals surface area contributed by atoms with Crippen LogP contribution in [0.2, 0.25) is 0 Å². The first-order valence-electron chi connectivity index (χ1n) is 9.65. The summed E-state index contributed by atoms with van der Waals surface area (Å²) >= 11 is 0. The van der Waals surface area contributed by atoms with Crippen molar-refractivity contribution in [2.24, 2.45) is 4.99 Å². The molecule has 0 aromatic heterocycles. The molecule has 2 aromatic carbocycles.